The second kappa shape index (κ2) is 12.0. The van der Waals surface area contributed by atoms with Gasteiger partial charge in [-0.2, -0.15) is 0 Å². The van der Waals surface area contributed by atoms with E-state index in [1.807, 2.05) is 62.4 Å². The summed E-state index contributed by atoms with van der Waals surface area (Å²) in [5, 5.41) is 0. The van der Waals surface area contributed by atoms with Crippen molar-refractivity contribution < 1.29 is 19.0 Å². The minimum atomic E-state index is -0.576. The third-order valence-electron chi connectivity index (χ3n) is 8.23. The maximum absolute atomic E-state index is 13.1. The van der Waals surface area contributed by atoms with Gasteiger partial charge in [-0.25, -0.2) is 0 Å². The first-order valence-electron chi connectivity index (χ1n) is 14.1. The van der Waals surface area contributed by atoms with E-state index in [1.54, 1.807) is 0 Å². The topological polar surface area (TPSA) is 44.8 Å². The fraction of sp³-hybridized carbons (Fsp3) is 0.594. The van der Waals surface area contributed by atoms with E-state index in [9.17, 15) is 4.79 Å². The molecule has 0 amide bonds. The van der Waals surface area contributed by atoms with Gasteiger partial charge in [-0.3, -0.25) is 4.79 Å². The first-order chi connectivity index (χ1) is 17.6. The van der Waals surface area contributed by atoms with Crippen LogP contribution >= 0.6 is 22.6 Å². The Morgan fingerprint density at radius 2 is 1.16 bits per heavy atom. The van der Waals surface area contributed by atoms with E-state index in [0.717, 1.165) is 48.3 Å². The second-order valence-electron chi connectivity index (χ2n) is 11.7. The third-order valence-corrected chi connectivity index (χ3v) is 9.43. The van der Waals surface area contributed by atoms with Crippen LogP contribution in [0.25, 0.3) is 0 Å². The normalized spacial score (nSPS) is 20.6. The van der Waals surface area contributed by atoms with Crippen LogP contribution in [0.15, 0.2) is 48.5 Å². The molecule has 4 nitrogen and oxygen atoms in total. The van der Waals surface area contributed by atoms with Gasteiger partial charge >= 0.3 is 5.97 Å². The molecular weight excluding hydrogens is 575 g/mol. The van der Waals surface area contributed by atoms with Gasteiger partial charge in [0, 0.05) is 0 Å². The van der Waals surface area contributed by atoms with Crippen LogP contribution in [0.3, 0.4) is 0 Å². The van der Waals surface area contributed by atoms with Gasteiger partial charge in [0.2, 0.25) is 0 Å². The fourth-order valence-electron chi connectivity index (χ4n) is 5.50. The lowest BCUT2D eigenvalue weighted by atomic mass is 9.86. The third kappa shape index (κ3) is 7.42. The second-order valence-corrected chi connectivity index (χ2v) is 14.1. The van der Waals surface area contributed by atoms with E-state index in [0.29, 0.717) is 6.42 Å². The van der Waals surface area contributed by atoms with Crippen molar-refractivity contribution >= 4 is 28.6 Å². The lowest BCUT2D eigenvalue weighted by Crippen LogP contribution is -2.34. The molecule has 0 saturated heterocycles. The molecule has 0 radical (unpaired) electrons. The van der Waals surface area contributed by atoms with Crippen molar-refractivity contribution in [3.05, 3.63) is 59.7 Å². The Bertz CT molecular complexity index is 946. The van der Waals surface area contributed by atoms with E-state index >= 15 is 0 Å². The molecule has 37 heavy (non-hydrogen) atoms. The molecule has 0 aliphatic heterocycles. The molecule has 0 bridgehead atoms. The lowest BCUT2D eigenvalue weighted by Gasteiger charge is -2.34. The molecule has 0 aromatic heterocycles. The molecule has 0 heterocycles. The first-order valence-corrected chi connectivity index (χ1v) is 15.2. The van der Waals surface area contributed by atoms with Gasteiger partial charge in [0.25, 0.3) is 0 Å². The van der Waals surface area contributed by atoms with E-state index in [2.05, 4.69) is 36.4 Å². The van der Waals surface area contributed by atoms with Crippen molar-refractivity contribution in [1.82, 2.24) is 0 Å². The minimum absolute atomic E-state index is 0.0966. The summed E-state index contributed by atoms with van der Waals surface area (Å²) >= 11 is 2.20. The van der Waals surface area contributed by atoms with Crippen LogP contribution in [0.4, 0.5) is 0 Å². The van der Waals surface area contributed by atoms with Crippen LogP contribution in [0.2, 0.25) is 0 Å². The van der Waals surface area contributed by atoms with E-state index in [-0.39, 0.29) is 17.2 Å². The Balaban J connectivity index is 1.54. The van der Waals surface area contributed by atoms with Crippen molar-refractivity contribution in [2.24, 2.45) is 0 Å². The molecule has 2 aliphatic rings. The number of alkyl halides is 1. The smallest absolute Gasteiger partial charge is 0.322 e. The minimum Gasteiger partial charge on any atom is -0.488 e. The molecule has 5 heteroatoms. The van der Waals surface area contributed by atoms with Gasteiger partial charge in [0.1, 0.15) is 26.1 Å². The van der Waals surface area contributed by atoms with E-state index in [1.165, 1.54) is 38.5 Å². The molecule has 2 aliphatic carbocycles. The van der Waals surface area contributed by atoms with Gasteiger partial charge in [-0.15, -0.1) is 0 Å². The number of carbonyl (C=O) groups excluding carboxylic acids is 1. The van der Waals surface area contributed by atoms with Gasteiger partial charge in [-0.05, 0) is 114 Å². The number of halogens is 1. The fourth-order valence-corrected chi connectivity index (χ4v) is 5.62. The summed E-state index contributed by atoms with van der Waals surface area (Å²) in [5.41, 5.74) is 1.68. The molecule has 202 valence electrons. The number of ether oxygens (including phenoxy) is 3. The van der Waals surface area contributed by atoms with Crippen molar-refractivity contribution in [2.45, 2.75) is 119 Å². The highest BCUT2D eigenvalue weighted by Gasteiger charge is 2.33. The summed E-state index contributed by atoms with van der Waals surface area (Å²) < 4.78 is 18.4. The largest absolute Gasteiger partial charge is 0.488 e. The van der Waals surface area contributed by atoms with Crippen LogP contribution in [0.5, 0.6) is 11.5 Å². The van der Waals surface area contributed by atoms with Crippen molar-refractivity contribution in [3.63, 3.8) is 0 Å². The highest BCUT2D eigenvalue weighted by molar-refractivity contribution is 14.1. The van der Waals surface area contributed by atoms with Gasteiger partial charge in [0.05, 0.1) is 0 Å². The SMILES string of the molecule is CCC(C)(I)C(=O)OC(c1ccc(OC2(C)CCCCC2)cc1)c1ccc(OC2(C)CCCCC2)cc1. The van der Waals surface area contributed by atoms with E-state index < -0.39 is 9.53 Å². The number of esters is 1. The Labute approximate surface area is 237 Å². The van der Waals surface area contributed by atoms with Crippen molar-refractivity contribution in [2.75, 3.05) is 0 Å². The van der Waals surface area contributed by atoms with Crippen LogP contribution in [-0.2, 0) is 9.53 Å². The molecular formula is C32H43IO4. The molecule has 2 saturated carbocycles. The summed E-state index contributed by atoms with van der Waals surface area (Å²) in [4.78, 5) is 13.1. The molecule has 0 spiro atoms. The first kappa shape index (κ1) is 28.3. The quantitative estimate of drug-likeness (QED) is 0.160. The Morgan fingerprint density at radius 3 is 1.51 bits per heavy atom. The molecule has 4 rings (SSSR count). The monoisotopic (exact) mass is 618 g/mol. The lowest BCUT2D eigenvalue weighted by molar-refractivity contribution is -0.149. The maximum atomic E-state index is 13.1. The summed E-state index contributed by atoms with van der Waals surface area (Å²) in [6.07, 6.45) is 12.0. The Morgan fingerprint density at radius 1 is 0.784 bits per heavy atom. The van der Waals surface area contributed by atoms with Crippen LogP contribution in [-0.4, -0.2) is 20.6 Å². The number of hydrogen-bond acceptors (Lipinski definition) is 4. The Kier molecular flexibility index (Phi) is 9.13. The van der Waals surface area contributed by atoms with Crippen molar-refractivity contribution in [1.29, 1.82) is 0 Å². The van der Waals surface area contributed by atoms with Gasteiger partial charge in [-0.1, -0.05) is 66.6 Å². The molecule has 0 N–H and O–H groups in total. The molecule has 1 atom stereocenters. The number of carbonyl (C=O) groups is 1. The predicted molar refractivity (Wildman–Crippen MR) is 158 cm³/mol. The standard InChI is InChI=1S/C32H43IO4/c1-5-32(4,33)29(34)35-28(24-12-16-26(17-13-24)36-30(2)20-8-6-9-21-30)25-14-18-27(19-15-25)37-31(3)22-10-7-11-23-31/h12-19,28H,5-11,20-23H2,1-4H3. The summed E-state index contributed by atoms with van der Waals surface area (Å²) in [6, 6.07) is 16.2. The molecule has 2 aromatic carbocycles. The van der Waals surface area contributed by atoms with Gasteiger partial charge < -0.3 is 14.2 Å². The zero-order valence-corrected chi connectivity index (χ0v) is 25.1. The number of rotatable bonds is 9. The highest BCUT2D eigenvalue weighted by atomic mass is 127. The van der Waals surface area contributed by atoms with Crippen LogP contribution in [0.1, 0.15) is 116 Å². The van der Waals surface area contributed by atoms with Gasteiger partial charge in [0.15, 0.2) is 6.10 Å². The molecule has 2 fully saturated rings. The Hall–Kier alpha value is -1.76. The highest BCUT2D eigenvalue weighted by Crippen LogP contribution is 2.37. The number of benzene rings is 2. The van der Waals surface area contributed by atoms with Crippen LogP contribution < -0.4 is 9.47 Å². The number of hydrogen-bond donors (Lipinski definition) is 0. The maximum Gasteiger partial charge on any atom is 0.322 e. The summed E-state index contributed by atoms with van der Waals surface area (Å²) in [5.74, 6) is 1.54. The van der Waals surface area contributed by atoms with Crippen molar-refractivity contribution in [3.8, 4) is 11.5 Å². The summed E-state index contributed by atoms with van der Waals surface area (Å²) in [6.45, 7) is 8.37. The average Bonchev–Trinajstić information content (AvgIpc) is 2.88. The van der Waals surface area contributed by atoms with E-state index in [4.69, 9.17) is 14.2 Å². The predicted octanol–water partition coefficient (Wildman–Crippen LogP) is 9.13. The molecule has 1 unspecified atom stereocenters. The zero-order valence-electron chi connectivity index (χ0n) is 23.0. The average molecular weight is 619 g/mol. The molecule has 2 aromatic rings. The van der Waals surface area contributed by atoms with Crippen LogP contribution in [0, 0.1) is 0 Å². The zero-order chi connectivity index (χ0) is 26.5. The summed E-state index contributed by atoms with van der Waals surface area (Å²) in [7, 11) is 0.